The molecule has 1 fully saturated rings. The van der Waals surface area contributed by atoms with E-state index in [1.54, 1.807) is 23.8 Å². The van der Waals surface area contributed by atoms with Crippen LogP contribution in [-0.4, -0.2) is 23.8 Å². The first kappa shape index (κ1) is 12.2. The Morgan fingerprint density at radius 3 is 2.63 bits per heavy atom. The van der Waals surface area contributed by atoms with E-state index in [0.717, 1.165) is 12.8 Å². The second-order valence-corrected chi connectivity index (χ2v) is 4.98. The van der Waals surface area contributed by atoms with Gasteiger partial charge in [-0.25, -0.2) is 0 Å². The van der Waals surface area contributed by atoms with E-state index in [9.17, 15) is 4.79 Å². The van der Waals surface area contributed by atoms with Crippen molar-refractivity contribution >= 4 is 23.1 Å². The number of rotatable bonds is 3. The summed E-state index contributed by atoms with van der Waals surface area (Å²) in [6, 6.07) is 3.69. The number of hydrogen-bond donors (Lipinski definition) is 1. The predicted molar refractivity (Wildman–Crippen MR) is 74.8 cm³/mol. The molecule has 1 aliphatic carbocycles. The highest BCUT2D eigenvalue weighted by Gasteiger charge is 2.27. The second-order valence-electron chi connectivity index (χ2n) is 4.59. The Kier molecular flexibility index (Phi) is 2.82. The van der Waals surface area contributed by atoms with E-state index in [2.05, 4.69) is 4.98 Å². The normalized spacial score (nSPS) is 14.6. The van der Waals surface area contributed by atoms with Gasteiger partial charge in [0.15, 0.2) is 4.77 Å². The van der Waals surface area contributed by atoms with Crippen LogP contribution < -0.4 is 15.0 Å². The fraction of sp³-hybridized carbons (Fsp3) is 0.385. The molecule has 0 aliphatic heterocycles. The number of benzene rings is 1. The van der Waals surface area contributed by atoms with Gasteiger partial charge in [0.1, 0.15) is 16.9 Å². The van der Waals surface area contributed by atoms with Crippen LogP contribution in [0.15, 0.2) is 16.9 Å². The van der Waals surface area contributed by atoms with Crippen molar-refractivity contribution in [3.63, 3.8) is 0 Å². The molecule has 3 rings (SSSR count). The van der Waals surface area contributed by atoms with Gasteiger partial charge in [-0.3, -0.25) is 9.36 Å². The summed E-state index contributed by atoms with van der Waals surface area (Å²) in [5.74, 6) is 1.12. The number of ether oxygens (including phenoxy) is 2. The van der Waals surface area contributed by atoms with Gasteiger partial charge in [0.2, 0.25) is 0 Å². The lowest BCUT2D eigenvalue weighted by atomic mass is 10.2. The molecule has 1 aliphatic rings. The second kappa shape index (κ2) is 4.38. The molecular formula is C13H14N2O3S. The largest absolute Gasteiger partial charge is 0.497 e. The van der Waals surface area contributed by atoms with E-state index in [1.165, 1.54) is 7.11 Å². The van der Waals surface area contributed by atoms with Gasteiger partial charge < -0.3 is 14.5 Å². The summed E-state index contributed by atoms with van der Waals surface area (Å²) in [6.07, 6.45) is 2.00. The van der Waals surface area contributed by atoms with E-state index in [1.807, 2.05) is 0 Å². The molecule has 0 spiro atoms. The topological polar surface area (TPSA) is 56.2 Å². The third kappa shape index (κ3) is 1.92. The van der Waals surface area contributed by atoms with Crippen LogP contribution in [-0.2, 0) is 0 Å². The molecule has 0 unspecified atom stereocenters. The van der Waals surface area contributed by atoms with Gasteiger partial charge in [0.05, 0.1) is 19.7 Å². The molecule has 0 amide bonds. The average Bonchev–Trinajstić information content (AvgIpc) is 3.21. The summed E-state index contributed by atoms with van der Waals surface area (Å²) in [4.78, 5) is 15.7. The first-order valence-corrected chi connectivity index (χ1v) is 6.47. The van der Waals surface area contributed by atoms with E-state index in [0.29, 0.717) is 27.2 Å². The summed E-state index contributed by atoms with van der Waals surface area (Å²) in [6.45, 7) is 0. The van der Waals surface area contributed by atoms with Gasteiger partial charge in [-0.05, 0) is 25.1 Å². The lowest BCUT2D eigenvalue weighted by Crippen LogP contribution is -2.21. The Hall–Kier alpha value is -1.82. The average molecular weight is 278 g/mol. The third-order valence-corrected chi connectivity index (χ3v) is 3.64. The first-order valence-electron chi connectivity index (χ1n) is 6.06. The minimum absolute atomic E-state index is 0.0965. The molecule has 6 heteroatoms. The molecule has 19 heavy (non-hydrogen) atoms. The predicted octanol–water partition coefficient (Wildman–Crippen LogP) is 2.41. The summed E-state index contributed by atoms with van der Waals surface area (Å²) in [5.41, 5.74) is 0.545. The number of nitrogens with zero attached hydrogens (tertiary/aromatic N) is 1. The Morgan fingerprint density at radius 1 is 1.32 bits per heavy atom. The highest BCUT2D eigenvalue weighted by Crippen LogP contribution is 2.35. The molecule has 1 heterocycles. The van der Waals surface area contributed by atoms with E-state index >= 15 is 0 Å². The number of nitrogens with one attached hydrogen (secondary N) is 1. The SMILES string of the molecule is COc1cc(OC)c2c(=O)n(C3CC3)c(=S)[nH]c2c1. The van der Waals surface area contributed by atoms with Crippen molar-refractivity contribution in [2.24, 2.45) is 0 Å². The molecule has 2 aromatic rings. The van der Waals surface area contributed by atoms with Crippen molar-refractivity contribution in [1.29, 1.82) is 0 Å². The molecule has 5 nitrogen and oxygen atoms in total. The zero-order valence-electron chi connectivity index (χ0n) is 10.7. The van der Waals surface area contributed by atoms with Crippen LogP contribution in [0.4, 0.5) is 0 Å². The molecule has 0 radical (unpaired) electrons. The van der Waals surface area contributed by atoms with Crippen LogP contribution in [0.25, 0.3) is 10.9 Å². The van der Waals surface area contributed by atoms with Crippen molar-refractivity contribution in [2.75, 3.05) is 14.2 Å². The van der Waals surface area contributed by atoms with Crippen LogP contribution in [0.5, 0.6) is 11.5 Å². The van der Waals surface area contributed by atoms with Gasteiger partial charge in [0.25, 0.3) is 5.56 Å². The Balaban J connectivity index is 2.41. The third-order valence-electron chi connectivity index (χ3n) is 3.34. The summed E-state index contributed by atoms with van der Waals surface area (Å²) < 4.78 is 12.6. The summed E-state index contributed by atoms with van der Waals surface area (Å²) >= 11 is 5.27. The zero-order valence-corrected chi connectivity index (χ0v) is 11.5. The maximum atomic E-state index is 12.6. The van der Waals surface area contributed by atoms with Gasteiger partial charge in [-0.2, -0.15) is 0 Å². The first-order chi connectivity index (χ1) is 9.15. The lowest BCUT2D eigenvalue weighted by molar-refractivity contribution is 0.397. The molecule has 1 N–H and O–H groups in total. The molecule has 100 valence electrons. The van der Waals surface area contributed by atoms with Crippen molar-refractivity contribution in [1.82, 2.24) is 9.55 Å². The van der Waals surface area contributed by atoms with Gasteiger partial charge in [-0.1, -0.05) is 0 Å². The molecule has 0 atom stereocenters. The lowest BCUT2D eigenvalue weighted by Gasteiger charge is -2.11. The van der Waals surface area contributed by atoms with E-state index < -0.39 is 0 Å². The number of hydrogen-bond acceptors (Lipinski definition) is 4. The van der Waals surface area contributed by atoms with Gasteiger partial charge >= 0.3 is 0 Å². The quantitative estimate of drug-likeness (QED) is 0.876. The minimum atomic E-state index is -0.0965. The van der Waals surface area contributed by atoms with Crippen LogP contribution in [0.2, 0.25) is 0 Å². The molecular weight excluding hydrogens is 264 g/mol. The van der Waals surface area contributed by atoms with Crippen molar-refractivity contribution in [2.45, 2.75) is 18.9 Å². The number of methoxy groups -OCH3 is 2. The van der Waals surface area contributed by atoms with Crippen LogP contribution in [0, 0.1) is 4.77 Å². The summed E-state index contributed by atoms with van der Waals surface area (Å²) in [5, 5.41) is 0.517. The monoisotopic (exact) mass is 278 g/mol. The summed E-state index contributed by atoms with van der Waals surface area (Å²) in [7, 11) is 3.11. The number of aromatic nitrogens is 2. The maximum absolute atomic E-state index is 12.6. The molecule has 1 saturated carbocycles. The molecule has 0 saturated heterocycles. The van der Waals surface area contributed by atoms with Crippen molar-refractivity contribution in [3.05, 3.63) is 27.3 Å². The van der Waals surface area contributed by atoms with Crippen molar-refractivity contribution < 1.29 is 9.47 Å². The Morgan fingerprint density at radius 2 is 2.05 bits per heavy atom. The number of aromatic amines is 1. The molecule has 1 aromatic heterocycles. The van der Waals surface area contributed by atoms with Gasteiger partial charge in [0, 0.05) is 18.2 Å². The zero-order chi connectivity index (χ0) is 13.6. The van der Waals surface area contributed by atoms with E-state index in [-0.39, 0.29) is 11.6 Å². The molecule has 0 bridgehead atoms. The van der Waals surface area contributed by atoms with E-state index in [4.69, 9.17) is 21.7 Å². The standard InChI is InChI=1S/C13H14N2O3S/c1-17-8-5-9-11(10(6-8)18-2)12(16)15(7-3-4-7)13(19)14-9/h5-7H,3-4H2,1-2H3,(H,14,19). The fourth-order valence-electron chi connectivity index (χ4n) is 2.24. The van der Waals surface area contributed by atoms with Crippen LogP contribution in [0.3, 0.4) is 0 Å². The minimum Gasteiger partial charge on any atom is -0.497 e. The maximum Gasteiger partial charge on any atom is 0.266 e. The van der Waals surface area contributed by atoms with Gasteiger partial charge in [-0.15, -0.1) is 0 Å². The van der Waals surface area contributed by atoms with Crippen LogP contribution in [0.1, 0.15) is 18.9 Å². The van der Waals surface area contributed by atoms with Crippen molar-refractivity contribution in [3.8, 4) is 11.5 Å². The van der Waals surface area contributed by atoms with Crippen LogP contribution >= 0.6 is 12.2 Å². The number of fused-ring (bicyclic) bond motifs is 1. The highest BCUT2D eigenvalue weighted by atomic mass is 32.1. The number of H-pyrrole nitrogens is 1. The highest BCUT2D eigenvalue weighted by molar-refractivity contribution is 7.71. The Labute approximate surface area is 114 Å². The molecule has 1 aromatic carbocycles. The smallest absolute Gasteiger partial charge is 0.266 e. The Bertz CT molecular complexity index is 759. The fourth-order valence-corrected chi connectivity index (χ4v) is 2.58.